The molecule has 8 heteroatoms. The summed E-state index contributed by atoms with van der Waals surface area (Å²) in [5.74, 6) is -1.22. The lowest BCUT2D eigenvalue weighted by atomic mass is 10.1. The van der Waals surface area contributed by atoms with Gasteiger partial charge in [0, 0.05) is 12.2 Å². The average molecular weight is 333 g/mol. The Morgan fingerprint density at radius 3 is 2.36 bits per heavy atom. The van der Waals surface area contributed by atoms with Crippen LogP contribution in [0.5, 0.6) is 0 Å². The van der Waals surface area contributed by atoms with Gasteiger partial charge in [-0.1, -0.05) is 19.1 Å². The predicted molar refractivity (Wildman–Crippen MR) is 75.2 cm³/mol. The zero-order valence-corrected chi connectivity index (χ0v) is 12.4. The molecule has 4 nitrogen and oxygen atoms in total. The van der Waals surface area contributed by atoms with Crippen LogP contribution in [-0.2, 0) is 15.8 Å². The minimum atomic E-state index is -4.43. The van der Waals surface area contributed by atoms with Crippen molar-refractivity contribution in [3.63, 3.8) is 0 Å². The number of benzene rings is 1. The van der Waals surface area contributed by atoms with Crippen LogP contribution in [0.3, 0.4) is 0 Å². The van der Waals surface area contributed by atoms with Crippen molar-refractivity contribution in [1.29, 1.82) is 0 Å². The Kier molecular flexibility index (Phi) is 4.69. The summed E-state index contributed by atoms with van der Waals surface area (Å²) < 4.78 is 37.7. The lowest BCUT2D eigenvalue weighted by Crippen LogP contribution is -2.42. The van der Waals surface area contributed by atoms with Crippen LogP contribution in [0.1, 0.15) is 29.8 Å². The minimum absolute atomic E-state index is 0.140. The molecule has 2 unspecified atom stereocenters. The average Bonchev–Trinajstić information content (AvgIpc) is 2.90. The summed E-state index contributed by atoms with van der Waals surface area (Å²) in [6, 6.07) is 3.52. The number of thioether (sulfide) groups is 1. The number of halogens is 3. The largest absolute Gasteiger partial charge is 0.480 e. The van der Waals surface area contributed by atoms with Gasteiger partial charge in [0.2, 0.25) is 5.91 Å². The van der Waals surface area contributed by atoms with Crippen LogP contribution >= 0.6 is 11.8 Å². The summed E-state index contributed by atoms with van der Waals surface area (Å²) in [5.41, 5.74) is -0.286. The summed E-state index contributed by atoms with van der Waals surface area (Å²) in [6.07, 6.45) is -4.29. The third-order valence-corrected chi connectivity index (χ3v) is 4.72. The van der Waals surface area contributed by atoms with Gasteiger partial charge in [-0.15, -0.1) is 11.8 Å². The van der Waals surface area contributed by atoms with Crippen LogP contribution < -0.4 is 0 Å². The van der Waals surface area contributed by atoms with E-state index in [0.29, 0.717) is 5.56 Å². The highest BCUT2D eigenvalue weighted by Gasteiger charge is 2.42. The van der Waals surface area contributed by atoms with Crippen molar-refractivity contribution in [2.24, 2.45) is 0 Å². The van der Waals surface area contributed by atoms with Crippen LogP contribution in [-0.4, -0.2) is 33.7 Å². The van der Waals surface area contributed by atoms with Crippen molar-refractivity contribution in [2.45, 2.75) is 30.9 Å². The summed E-state index contributed by atoms with van der Waals surface area (Å²) in [6.45, 7) is 1.62. The number of aliphatic carboxylic acids is 1. The van der Waals surface area contributed by atoms with Crippen LogP contribution in [0.2, 0.25) is 0 Å². The molecular weight excluding hydrogens is 319 g/mol. The Hall–Kier alpha value is -1.70. The Bertz CT molecular complexity index is 574. The molecule has 0 spiro atoms. The van der Waals surface area contributed by atoms with Crippen LogP contribution in [0.15, 0.2) is 24.3 Å². The Morgan fingerprint density at radius 1 is 1.32 bits per heavy atom. The van der Waals surface area contributed by atoms with Crippen molar-refractivity contribution in [3.8, 4) is 0 Å². The molecule has 2 atom stereocenters. The van der Waals surface area contributed by atoms with Gasteiger partial charge in [0.05, 0.1) is 5.56 Å². The van der Waals surface area contributed by atoms with Gasteiger partial charge in [-0.3, -0.25) is 4.79 Å². The molecule has 1 N–H and O–H groups in total. The van der Waals surface area contributed by atoms with Crippen molar-refractivity contribution in [1.82, 2.24) is 4.90 Å². The van der Waals surface area contributed by atoms with Crippen molar-refractivity contribution < 1.29 is 27.9 Å². The SMILES string of the molecule is CCC(=O)N1C(C(=O)O)CSC1c1ccc(C(F)(F)F)cc1. The van der Waals surface area contributed by atoms with Crippen LogP contribution in [0, 0.1) is 0 Å². The molecule has 1 aliphatic heterocycles. The first-order valence-electron chi connectivity index (χ1n) is 6.58. The first kappa shape index (κ1) is 16.7. The molecule has 0 saturated carbocycles. The van der Waals surface area contributed by atoms with E-state index in [1.807, 2.05) is 0 Å². The predicted octanol–water partition coefficient (Wildman–Crippen LogP) is 3.14. The van der Waals surface area contributed by atoms with E-state index in [9.17, 15) is 27.9 Å². The fourth-order valence-corrected chi connectivity index (χ4v) is 3.72. The van der Waals surface area contributed by atoms with Gasteiger partial charge in [0.1, 0.15) is 11.4 Å². The number of carboxylic acids is 1. The van der Waals surface area contributed by atoms with Crippen molar-refractivity contribution >= 4 is 23.6 Å². The standard InChI is InChI=1S/C14H14F3NO3S/c1-2-11(19)18-10(13(20)21)7-22-12(18)8-3-5-9(6-4-8)14(15,16)17/h3-6,10,12H,2,7H2,1H3,(H,20,21). The lowest BCUT2D eigenvalue weighted by Gasteiger charge is -2.27. The number of hydrogen-bond donors (Lipinski definition) is 1. The normalized spacial score (nSPS) is 21.9. The number of hydrogen-bond acceptors (Lipinski definition) is 3. The van der Waals surface area contributed by atoms with Gasteiger partial charge in [-0.05, 0) is 17.7 Å². The maximum atomic E-state index is 12.6. The van der Waals surface area contributed by atoms with E-state index in [2.05, 4.69) is 0 Å². The highest BCUT2D eigenvalue weighted by atomic mass is 32.2. The number of amides is 1. The molecule has 0 radical (unpaired) electrons. The molecule has 0 aromatic heterocycles. The maximum absolute atomic E-state index is 12.6. The molecule has 1 heterocycles. The van der Waals surface area contributed by atoms with Crippen molar-refractivity contribution in [2.75, 3.05) is 5.75 Å². The third-order valence-electron chi connectivity index (χ3n) is 3.40. The molecule has 22 heavy (non-hydrogen) atoms. The van der Waals surface area contributed by atoms with Gasteiger partial charge < -0.3 is 10.0 Å². The van der Waals surface area contributed by atoms with Crippen LogP contribution in [0.25, 0.3) is 0 Å². The second-order valence-electron chi connectivity index (χ2n) is 4.81. The van der Waals surface area contributed by atoms with Gasteiger partial charge in [-0.25, -0.2) is 4.79 Å². The lowest BCUT2D eigenvalue weighted by molar-refractivity contribution is -0.149. The quantitative estimate of drug-likeness (QED) is 0.923. The number of carboxylic acid groups (broad SMARTS) is 1. The van der Waals surface area contributed by atoms with E-state index in [1.54, 1.807) is 6.92 Å². The number of alkyl halides is 3. The zero-order chi connectivity index (χ0) is 16.5. The summed E-state index contributed by atoms with van der Waals surface area (Å²) >= 11 is 1.24. The third kappa shape index (κ3) is 3.21. The molecule has 120 valence electrons. The van der Waals surface area contributed by atoms with E-state index in [1.165, 1.54) is 28.8 Å². The van der Waals surface area contributed by atoms with Gasteiger partial charge in [0.25, 0.3) is 0 Å². The molecule has 2 rings (SSSR count). The number of carbonyl (C=O) groups excluding carboxylic acids is 1. The molecule has 1 aromatic carbocycles. The van der Waals surface area contributed by atoms with Crippen molar-refractivity contribution in [3.05, 3.63) is 35.4 Å². The Morgan fingerprint density at radius 2 is 1.91 bits per heavy atom. The smallest absolute Gasteiger partial charge is 0.416 e. The van der Waals surface area contributed by atoms with Gasteiger partial charge in [0.15, 0.2) is 0 Å². The van der Waals surface area contributed by atoms with E-state index < -0.39 is 29.1 Å². The molecule has 1 amide bonds. The molecule has 1 aromatic rings. The monoisotopic (exact) mass is 333 g/mol. The van der Waals surface area contributed by atoms with Gasteiger partial charge >= 0.3 is 12.1 Å². The topological polar surface area (TPSA) is 57.6 Å². The van der Waals surface area contributed by atoms with E-state index >= 15 is 0 Å². The van der Waals surface area contributed by atoms with Gasteiger partial charge in [-0.2, -0.15) is 13.2 Å². The minimum Gasteiger partial charge on any atom is -0.480 e. The van der Waals surface area contributed by atoms with Crippen LogP contribution in [0.4, 0.5) is 13.2 Å². The zero-order valence-electron chi connectivity index (χ0n) is 11.6. The second-order valence-corrected chi connectivity index (χ2v) is 5.93. The molecule has 1 fully saturated rings. The molecule has 0 bridgehead atoms. The molecule has 1 saturated heterocycles. The fourth-order valence-electron chi connectivity index (χ4n) is 2.28. The summed E-state index contributed by atoms with van der Waals surface area (Å²) in [5, 5.41) is 8.61. The summed E-state index contributed by atoms with van der Waals surface area (Å²) in [7, 11) is 0. The molecule has 0 aliphatic carbocycles. The summed E-state index contributed by atoms with van der Waals surface area (Å²) in [4.78, 5) is 24.5. The van der Waals surface area contributed by atoms with E-state index in [0.717, 1.165) is 12.1 Å². The number of rotatable bonds is 3. The Labute approximate surface area is 129 Å². The highest BCUT2D eigenvalue weighted by molar-refractivity contribution is 7.99. The highest BCUT2D eigenvalue weighted by Crippen LogP contribution is 2.42. The molecular formula is C14H14F3NO3S. The fraction of sp³-hybridized carbons (Fsp3) is 0.429. The first-order valence-corrected chi connectivity index (χ1v) is 7.63. The number of nitrogens with zero attached hydrogens (tertiary/aromatic N) is 1. The second kappa shape index (κ2) is 6.20. The number of carbonyl (C=O) groups is 2. The van der Waals surface area contributed by atoms with E-state index in [4.69, 9.17) is 0 Å². The maximum Gasteiger partial charge on any atom is 0.416 e. The molecule has 1 aliphatic rings. The first-order chi connectivity index (χ1) is 10.3. The van der Waals surface area contributed by atoms with E-state index in [-0.39, 0.29) is 18.1 Å². The Balaban J connectivity index is 2.30.